The van der Waals surface area contributed by atoms with Crippen LogP contribution in [0.2, 0.25) is 0 Å². The van der Waals surface area contributed by atoms with Crippen LogP contribution in [0.5, 0.6) is 0 Å². The van der Waals surface area contributed by atoms with Gasteiger partial charge in [-0.25, -0.2) is 14.4 Å². The number of aromatic nitrogens is 2. The molecule has 2 heterocycles. The SMILES string of the molecule is O=C(Nc1ncccn1)C1CCN(C[C@@H](O)c2ccc(F)cc2)CC1. The molecule has 0 radical (unpaired) electrons. The van der Waals surface area contributed by atoms with Gasteiger partial charge in [0.15, 0.2) is 0 Å². The van der Waals surface area contributed by atoms with Gasteiger partial charge in [-0.3, -0.25) is 10.1 Å². The van der Waals surface area contributed by atoms with Crippen molar-refractivity contribution in [2.24, 2.45) is 5.92 Å². The molecule has 132 valence electrons. The smallest absolute Gasteiger partial charge is 0.229 e. The number of piperidine rings is 1. The molecule has 2 aromatic rings. The lowest BCUT2D eigenvalue weighted by Gasteiger charge is -2.32. The highest BCUT2D eigenvalue weighted by Gasteiger charge is 2.26. The van der Waals surface area contributed by atoms with Gasteiger partial charge >= 0.3 is 0 Å². The third-order valence-electron chi connectivity index (χ3n) is 4.45. The molecule has 2 N–H and O–H groups in total. The Bertz CT molecular complexity index is 688. The highest BCUT2D eigenvalue weighted by atomic mass is 19.1. The number of aliphatic hydroxyl groups is 1. The van der Waals surface area contributed by atoms with Crippen LogP contribution < -0.4 is 5.32 Å². The molecular weight excluding hydrogens is 323 g/mol. The largest absolute Gasteiger partial charge is 0.387 e. The van der Waals surface area contributed by atoms with Gasteiger partial charge in [0.05, 0.1) is 6.10 Å². The van der Waals surface area contributed by atoms with Crippen molar-refractivity contribution in [2.45, 2.75) is 18.9 Å². The fraction of sp³-hybridized carbons (Fsp3) is 0.389. The summed E-state index contributed by atoms with van der Waals surface area (Å²) in [7, 11) is 0. The molecular formula is C18H21FN4O2. The first-order chi connectivity index (χ1) is 12.1. The van der Waals surface area contributed by atoms with E-state index in [9.17, 15) is 14.3 Å². The van der Waals surface area contributed by atoms with E-state index < -0.39 is 6.10 Å². The van der Waals surface area contributed by atoms with Gasteiger partial charge in [-0.05, 0) is 49.7 Å². The number of nitrogens with one attached hydrogen (secondary N) is 1. The van der Waals surface area contributed by atoms with Crippen LogP contribution in [0.25, 0.3) is 0 Å². The lowest BCUT2D eigenvalue weighted by Crippen LogP contribution is -2.40. The van der Waals surface area contributed by atoms with Crippen molar-refractivity contribution in [3.63, 3.8) is 0 Å². The number of rotatable bonds is 5. The molecule has 1 aromatic carbocycles. The molecule has 0 spiro atoms. The fourth-order valence-electron chi connectivity index (χ4n) is 2.99. The molecule has 1 aliphatic heterocycles. The predicted molar refractivity (Wildman–Crippen MR) is 91.2 cm³/mol. The van der Waals surface area contributed by atoms with E-state index in [0.717, 1.165) is 25.9 Å². The summed E-state index contributed by atoms with van der Waals surface area (Å²) in [4.78, 5) is 22.4. The topological polar surface area (TPSA) is 78.4 Å². The van der Waals surface area contributed by atoms with Gasteiger partial charge in [0.2, 0.25) is 11.9 Å². The van der Waals surface area contributed by atoms with Crippen molar-refractivity contribution in [3.05, 3.63) is 54.1 Å². The molecule has 3 rings (SSSR count). The Morgan fingerprint density at radius 2 is 1.88 bits per heavy atom. The summed E-state index contributed by atoms with van der Waals surface area (Å²) in [5.41, 5.74) is 0.697. The Labute approximate surface area is 145 Å². The standard InChI is InChI=1S/C18H21FN4O2/c19-15-4-2-13(3-5-15)16(24)12-23-10-6-14(7-11-23)17(25)22-18-20-8-1-9-21-18/h1-5,8-9,14,16,24H,6-7,10-12H2,(H,20,21,22,25)/t16-/m1/s1. The highest BCUT2D eigenvalue weighted by Crippen LogP contribution is 2.22. The molecule has 6 nitrogen and oxygen atoms in total. The number of hydrogen-bond donors (Lipinski definition) is 2. The van der Waals surface area contributed by atoms with Crippen LogP contribution in [0, 0.1) is 11.7 Å². The fourth-order valence-corrected chi connectivity index (χ4v) is 2.99. The zero-order chi connectivity index (χ0) is 17.6. The maximum Gasteiger partial charge on any atom is 0.229 e. The van der Waals surface area contributed by atoms with Gasteiger partial charge in [-0.15, -0.1) is 0 Å². The normalized spacial score (nSPS) is 17.2. The first-order valence-electron chi connectivity index (χ1n) is 8.35. The van der Waals surface area contributed by atoms with Crippen molar-refractivity contribution in [1.82, 2.24) is 14.9 Å². The van der Waals surface area contributed by atoms with Crippen LogP contribution in [-0.4, -0.2) is 45.5 Å². The number of nitrogens with zero attached hydrogens (tertiary/aromatic N) is 3. The highest BCUT2D eigenvalue weighted by molar-refractivity contribution is 5.90. The number of halogens is 1. The van der Waals surface area contributed by atoms with Gasteiger partial charge in [0, 0.05) is 24.9 Å². The number of anilines is 1. The summed E-state index contributed by atoms with van der Waals surface area (Å²) in [6.45, 7) is 1.93. The van der Waals surface area contributed by atoms with Crippen LogP contribution in [0.1, 0.15) is 24.5 Å². The first-order valence-corrected chi connectivity index (χ1v) is 8.35. The zero-order valence-corrected chi connectivity index (χ0v) is 13.8. The molecule has 7 heteroatoms. The molecule has 0 saturated carbocycles. The van der Waals surface area contributed by atoms with Crippen molar-refractivity contribution in [2.75, 3.05) is 25.0 Å². The lowest BCUT2D eigenvalue weighted by atomic mass is 9.95. The summed E-state index contributed by atoms with van der Waals surface area (Å²) < 4.78 is 12.9. The van der Waals surface area contributed by atoms with E-state index in [0.29, 0.717) is 18.1 Å². The summed E-state index contributed by atoms with van der Waals surface area (Å²) in [5.74, 6) is -0.139. The van der Waals surface area contributed by atoms with E-state index in [-0.39, 0.29) is 17.6 Å². The van der Waals surface area contributed by atoms with E-state index >= 15 is 0 Å². The Morgan fingerprint density at radius 3 is 2.52 bits per heavy atom. The van der Waals surface area contributed by atoms with Gasteiger partial charge in [0.1, 0.15) is 5.82 Å². The number of likely N-dealkylation sites (tertiary alicyclic amines) is 1. The monoisotopic (exact) mass is 344 g/mol. The number of carbonyl (C=O) groups is 1. The van der Waals surface area contributed by atoms with Gasteiger partial charge in [-0.1, -0.05) is 12.1 Å². The summed E-state index contributed by atoms with van der Waals surface area (Å²) in [5, 5.41) is 13.0. The second kappa shape index (κ2) is 8.13. The third-order valence-corrected chi connectivity index (χ3v) is 4.45. The average Bonchev–Trinajstić information content (AvgIpc) is 2.63. The van der Waals surface area contributed by atoms with E-state index in [1.165, 1.54) is 12.1 Å². The van der Waals surface area contributed by atoms with Gasteiger partial charge in [-0.2, -0.15) is 0 Å². The summed E-state index contributed by atoms with van der Waals surface area (Å²) in [6, 6.07) is 7.59. The number of amides is 1. The summed E-state index contributed by atoms with van der Waals surface area (Å²) >= 11 is 0. The predicted octanol–water partition coefficient (Wildman–Crippen LogP) is 2.00. The molecule has 1 atom stereocenters. The Hall–Kier alpha value is -2.38. The minimum absolute atomic E-state index is 0.0649. The summed E-state index contributed by atoms with van der Waals surface area (Å²) in [6.07, 6.45) is 3.94. The molecule has 1 saturated heterocycles. The quantitative estimate of drug-likeness (QED) is 0.867. The molecule has 0 bridgehead atoms. The molecule has 1 fully saturated rings. The number of aliphatic hydroxyl groups excluding tert-OH is 1. The lowest BCUT2D eigenvalue weighted by molar-refractivity contribution is -0.121. The minimum atomic E-state index is -0.663. The van der Waals surface area contributed by atoms with Crippen molar-refractivity contribution < 1.29 is 14.3 Å². The molecule has 1 aliphatic rings. The van der Waals surface area contributed by atoms with Crippen LogP contribution >= 0.6 is 0 Å². The first kappa shape index (κ1) is 17.4. The Morgan fingerprint density at radius 1 is 1.24 bits per heavy atom. The Kier molecular flexibility index (Phi) is 5.67. The van der Waals surface area contributed by atoms with Gasteiger partial charge < -0.3 is 10.0 Å². The van der Waals surface area contributed by atoms with Crippen LogP contribution in [0.3, 0.4) is 0 Å². The van der Waals surface area contributed by atoms with Crippen LogP contribution in [0.15, 0.2) is 42.7 Å². The van der Waals surface area contributed by atoms with E-state index in [1.807, 2.05) is 0 Å². The molecule has 1 amide bonds. The van der Waals surface area contributed by atoms with Crippen molar-refractivity contribution in [1.29, 1.82) is 0 Å². The number of hydrogen-bond acceptors (Lipinski definition) is 5. The van der Waals surface area contributed by atoms with Crippen molar-refractivity contribution in [3.8, 4) is 0 Å². The van der Waals surface area contributed by atoms with Gasteiger partial charge in [0.25, 0.3) is 0 Å². The van der Waals surface area contributed by atoms with E-state index in [2.05, 4.69) is 20.2 Å². The number of carbonyl (C=O) groups excluding carboxylic acids is 1. The van der Waals surface area contributed by atoms with E-state index in [4.69, 9.17) is 0 Å². The van der Waals surface area contributed by atoms with Crippen LogP contribution in [-0.2, 0) is 4.79 Å². The third kappa shape index (κ3) is 4.80. The maximum atomic E-state index is 12.9. The number of β-amino-alcohol motifs (C(OH)–C–C–N with tert-alkyl or cyclic N) is 1. The average molecular weight is 344 g/mol. The zero-order valence-electron chi connectivity index (χ0n) is 13.8. The minimum Gasteiger partial charge on any atom is -0.387 e. The van der Waals surface area contributed by atoms with Crippen LogP contribution in [0.4, 0.5) is 10.3 Å². The second-order valence-electron chi connectivity index (χ2n) is 6.20. The second-order valence-corrected chi connectivity index (χ2v) is 6.20. The molecule has 0 aliphatic carbocycles. The van der Waals surface area contributed by atoms with E-state index in [1.54, 1.807) is 30.6 Å². The molecule has 1 aromatic heterocycles. The number of benzene rings is 1. The molecule has 25 heavy (non-hydrogen) atoms. The van der Waals surface area contributed by atoms with Crippen molar-refractivity contribution >= 4 is 11.9 Å². The Balaban J connectivity index is 1.46. The molecule has 0 unspecified atom stereocenters. The maximum absolute atomic E-state index is 12.9.